The van der Waals surface area contributed by atoms with Crippen molar-refractivity contribution in [2.24, 2.45) is 5.84 Å². The van der Waals surface area contributed by atoms with Crippen LogP contribution in [0, 0.1) is 6.92 Å². The quantitative estimate of drug-likeness (QED) is 0.677. The Morgan fingerprint density at radius 3 is 2.47 bits per heavy atom. The number of hydrogen-bond acceptors (Lipinski definition) is 5. The Morgan fingerprint density at radius 2 is 1.95 bits per heavy atom. The van der Waals surface area contributed by atoms with Crippen LogP contribution in [0.3, 0.4) is 0 Å². The molecule has 0 bridgehead atoms. The van der Waals surface area contributed by atoms with Gasteiger partial charge < -0.3 is 0 Å². The van der Waals surface area contributed by atoms with E-state index in [4.69, 9.17) is 17.4 Å². The monoisotopic (exact) mass is 279 g/mol. The van der Waals surface area contributed by atoms with Gasteiger partial charge >= 0.3 is 5.69 Å². The van der Waals surface area contributed by atoms with Crippen LogP contribution in [-0.4, -0.2) is 21.1 Å². The van der Waals surface area contributed by atoms with E-state index in [1.807, 2.05) is 6.92 Å². The highest BCUT2D eigenvalue weighted by Gasteiger charge is 2.11. The van der Waals surface area contributed by atoms with E-state index in [1.54, 1.807) is 31.2 Å². The molecule has 7 heteroatoms. The lowest BCUT2D eigenvalue weighted by molar-refractivity contribution is 0.757. The molecule has 1 heterocycles. The average molecular weight is 280 g/mol. The average Bonchev–Trinajstić information content (AvgIpc) is 2.39. The summed E-state index contributed by atoms with van der Waals surface area (Å²) >= 11 is 5.82. The van der Waals surface area contributed by atoms with E-state index in [0.29, 0.717) is 23.1 Å². The maximum absolute atomic E-state index is 12.1. The Balaban J connectivity index is 2.54. The third kappa shape index (κ3) is 2.74. The lowest BCUT2D eigenvalue weighted by Crippen LogP contribution is -2.36. The Kier molecular flexibility index (Phi) is 3.82. The van der Waals surface area contributed by atoms with Gasteiger partial charge in [0.05, 0.1) is 5.69 Å². The molecule has 0 unspecified atom stereocenters. The first-order chi connectivity index (χ1) is 9.02. The molecule has 0 radical (unpaired) electrons. The largest absolute Gasteiger partial charge is 0.356 e. The van der Waals surface area contributed by atoms with Crippen molar-refractivity contribution in [3.05, 3.63) is 45.6 Å². The van der Waals surface area contributed by atoms with E-state index >= 15 is 0 Å². The van der Waals surface area contributed by atoms with Crippen molar-refractivity contribution in [1.29, 1.82) is 0 Å². The van der Waals surface area contributed by atoms with Crippen LogP contribution in [0.15, 0.2) is 29.1 Å². The zero-order valence-corrected chi connectivity index (χ0v) is 11.4. The summed E-state index contributed by atoms with van der Waals surface area (Å²) in [5, 5.41) is 1.92. The highest BCUT2D eigenvalue weighted by Crippen LogP contribution is 2.13. The Hall–Kier alpha value is -1.92. The minimum atomic E-state index is -0.422. The van der Waals surface area contributed by atoms with Gasteiger partial charge in [-0.15, -0.1) is 0 Å². The molecular formula is C12H14ClN5O. The summed E-state index contributed by atoms with van der Waals surface area (Å²) in [7, 11) is 0. The molecule has 0 spiro atoms. The second kappa shape index (κ2) is 5.38. The van der Waals surface area contributed by atoms with Gasteiger partial charge in [-0.25, -0.2) is 15.2 Å². The number of nitrogens with two attached hydrogens (primary N) is 1. The molecule has 0 amide bonds. The van der Waals surface area contributed by atoms with E-state index < -0.39 is 5.69 Å². The zero-order valence-electron chi connectivity index (χ0n) is 10.7. The first kappa shape index (κ1) is 13.5. The molecule has 0 aliphatic carbocycles. The van der Waals surface area contributed by atoms with Crippen molar-refractivity contribution in [2.75, 3.05) is 11.6 Å². The topological polar surface area (TPSA) is 77.0 Å². The molecule has 2 rings (SSSR count). The zero-order chi connectivity index (χ0) is 14.0. The predicted molar refractivity (Wildman–Crippen MR) is 74.6 cm³/mol. The molecule has 100 valence electrons. The Morgan fingerprint density at radius 1 is 1.32 bits per heavy atom. The first-order valence-electron chi connectivity index (χ1n) is 5.78. The standard InChI is InChI=1S/C12H14ClN5O/c1-3-17(14)11-15-8(2)18(12(19)16-11)10-6-4-9(13)5-7-10/h4-7H,3,14H2,1-2H3. The van der Waals surface area contributed by atoms with Gasteiger partial charge in [0.15, 0.2) is 0 Å². The van der Waals surface area contributed by atoms with Crippen molar-refractivity contribution in [1.82, 2.24) is 14.5 Å². The predicted octanol–water partition coefficient (Wildman–Crippen LogP) is 1.29. The van der Waals surface area contributed by atoms with E-state index in [9.17, 15) is 4.79 Å². The number of hydrogen-bond donors (Lipinski definition) is 1. The van der Waals surface area contributed by atoms with Crippen molar-refractivity contribution >= 4 is 17.5 Å². The number of nitrogens with zero attached hydrogens (tertiary/aromatic N) is 4. The van der Waals surface area contributed by atoms with Gasteiger partial charge in [0, 0.05) is 11.6 Å². The number of aryl methyl sites for hydroxylation is 1. The number of aromatic nitrogens is 3. The van der Waals surface area contributed by atoms with E-state index in [1.165, 1.54) is 9.58 Å². The van der Waals surface area contributed by atoms with Crippen LogP contribution in [0.4, 0.5) is 5.95 Å². The molecule has 1 aromatic heterocycles. The number of halogens is 1. The summed E-state index contributed by atoms with van der Waals surface area (Å²) < 4.78 is 1.41. The molecule has 0 aliphatic heterocycles. The van der Waals surface area contributed by atoms with Crippen LogP contribution < -0.4 is 16.5 Å². The smallest absolute Gasteiger partial charge is 0.279 e. The number of rotatable bonds is 3. The molecule has 1 aromatic carbocycles. The van der Waals surface area contributed by atoms with Crippen LogP contribution in [0.1, 0.15) is 12.7 Å². The van der Waals surface area contributed by atoms with E-state index in [-0.39, 0.29) is 5.95 Å². The molecule has 0 saturated carbocycles. The van der Waals surface area contributed by atoms with Crippen LogP contribution in [0.2, 0.25) is 5.02 Å². The number of hydrazine groups is 1. The van der Waals surface area contributed by atoms with Gasteiger partial charge in [-0.2, -0.15) is 9.97 Å². The van der Waals surface area contributed by atoms with Gasteiger partial charge in [0.25, 0.3) is 0 Å². The Labute approximate surface area is 115 Å². The van der Waals surface area contributed by atoms with Crippen LogP contribution in [0.5, 0.6) is 0 Å². The third-order valence-electron chi connectivity index (χ3n) is 2.65. The van der Waals surface area contributed by atoms with Crippen molar-refractivity contribution in [3.8, 4) is 5.69 Å². The molecule has 19 heavy (non-hydrogen) atoms. The second-order valence-corrected chi connectivity index (χ2v) is 4.39. The lowest BCUT2D eigenvalue weighted by Gasteiger charge is -2.15. The molecule has 0 fully saturated rings. The molecule has 0 aliphatic rings. The third-order valence-corrected chi connectivity index (χ3v) is 2.91. The van der Waals surface area contributed by atoms with Gasteiger partial charge in [-0.3, -0.25) is 5.01 Å². The second-order valence-electron chi connectivity index (χ2n) is 3.95. The van der Waals surface area contributed by atoms with Crippen molar-refractivity contribution in [3.63, 3.8) is 0 Å². The van der Waals surface area contributed by atoms with Crippen molar-refractivity contribution < 1.29 is 0 Å². The highest BCUT2D eigenvalue weighted by atomic mass is 35.5. The normalized spacial score (nSPS) is 10.5. The lowest BCUT2D eigenvalue weighted by atomic mass is 10.3. The number of anilines is 1. The van der Waals surface area contributed by atoms with Gasteiger partial charge in [-0.1, -0.05) is 11.6 Å². The highest BCUT2D eigenvalue weighted by molar-refractivity contribution is 6.30. The Bertz CT molecular complexity index is 638. The molecule has 2 aromatic rings. The fourth-order valence-corrected chi connectivity index (χ4v) is 1.78. The van der Waals surface area contributed by atoms with Crippen molar-refractivity contribution in [2.45, 2.75) is 13.8 Å². The summed E-state index contributed by atoms with van der Waals surface area (Å²) in [4.78, 5) is 20.2. The summed E-state index contributed by atoms with van der Waals surface area (Å²) in [6.07, 6.45) is 0. The van der Waals surface area contributed by atoms with Crippen LogP contribution in [0.25, 0.3) is 5.69 Å². The summed E-state index contributed by atoms with van der Waals surface area (Å²) in [6, 6.07) is 6.88. The van der Waals surface area contributed by atoms with E-state index in [0.717, 1.165) is 0 Å². The number of benzene rings is 1. The van der Waals surface area contributed by atoms with Gasteiger partial charge in [-0.05, 0) is 38.1 Å². The summed E-state index contributed by atoms with van der Waals surface area (Å²) in [5.41, 5.74) is 0.243. The maximum atomic E-state index is 12.1. The molecule has 0 atom stereocenters. The summed E-state index contributed by atoms with van der Waals surface area (Å²) in [6.45, 7) is 4.10. The fraction of sp³-hybridized carbons (Fsp3) is 0.250. The summed E-state index contributed by atoms with van der Waals surface area (Å²) in [5.74, 6) is 6.42. The SMILES string of the molecule is CCN(N)c1nc(C)n(-c2ccc(Cl)cc2)c(=O)n1. The fourth-order valence-electron chi connectivity index (χ4n) is 1.65. The molecule has 0 saturated heterocycles. The van der Waals surface area contributed by atoms with Crippen LogP contribution >= 0.6 is 11.6 Å². The molecular weight excluding hydrogens is 266 g/mol. The molecule has 2 N–H and O–H groups in total. The first-order valence-corrected chi connectivity index (χ1v) is 6.16. The van der Waals surface area contributed by atoms with Crippen LogP contribution in [-0.2, 0) is 0 Å². The minimum Gasteiger partial charge on any atom is -0.279 e. The van der Waals surface area contributed by atoms with Gasteiger partial charge in [0.1, 0.15) is 5.82 Å². The van der Waals surface area contributed by atoms with E-state index in [2.05, 4.69) is 9.97 Å². The molecule has 6 nitrogen and oxygen atoms in total. The maximum Gasteiger partial charge on any atom is 0.356 e. The minimum absolute atomic E-state index is 0.218. The van der Waals surface area contributed by atoms with Gasteiger partial charge in [0.2, 0.25) is 5.95 Å².